The average Bonchev–Trinajstić information content (AvgIpc) is 3.11. The second-order valence-electron chi connectivity index (χ2n) is 9.33. The largest absolute Gasteiger partial charge is 0.371 e. The second kappa shape index (κ2) is 8.62. The molecule has 2 atom stereocenters. The van der Waals surface area contributed by atoms with Crippen molar-refractivity contribution in [3.05, 3.63) is 59.4 Å². The first-order valence-corrected chi connectivity index (χ1v) is 11.7. The summed E-state index contributed by atoms with van der Waals surface area (Å²) < 4.78 is 13.0. The number of Topliss-reactive ketones (excluding diaryl/α,β-unsaturated/α-hetero) is 1. The summed E-state index contributed by atoms with van der Waals surface area (Å²) in [6, 6.07) is 13.4. The number of para-hydroxylation sites is 1. The molecule has 0 radical (unpaired) electrons. The number of ketones is 1. The molecule has 0 aromatic heterocycles. The Hall–Kier alpha value is -2.40. The van der Waals surface area contributed by atoms with E-state index in [9.17, 15) is 9.18 Å². The van der Waals surface area contributed by atoms with Gasteiger partial charge >= 0.3 is 0 Å². The Bertz CT molecular complexity index is 944. The van der Waals surface area contributed by atoms with Crippen LogP contribution in [0, 0.1) is 5.82 Å². The molecular formula is C26H32FN3O. The number of unbranched alkanes of at least 4 members (excludes halogenated alkanes) is 2. The van der Waals surface area contributed by atoms with Crippen LogP contribution < -0.4 is 9.80 Å². The smallest absolute Gasteiger partial charge is 0.162 e. The first-order valence-electron chi connectivity index (χ1n) is 11.7. The van der Waals surface area contributed by atoms with Gasteiger partial charge in [-0.1, -0.05) is 18.6 Å². The van der Waals surface area contributed by atoms with Gasteiger partial charge < -0.3 is 14.7 Å². The van der Waals surface area contributed by atoms with E-state index in [1.165, 1.54) is 36.5 Å². The fraction of sp³-hybridized carbons (Fsp3) is 0.500. The molecule has 164 valence electrons. The molecule has 5 heteroatoms. The maximum Gasteiger partial charge on any atom is 0.162 e. The quantitative estimate of drug-likeness (QED) is 0.478. The first kappa shape index (κ1) is 20.5. The number of likely N-dealkylation sites (N-methyl/N-ethyl adjacent to an activating group) is 1. The van der Waals surface area contributed by atoms with Crippen molar-refractivity contribution in [3.63, 3.8) is 0 Å². The molecule has 0 saturated carbocycles. The standard InChI is InChI=1S/C26H32FN3O/c1-28-16-17-30-23-13-15-29(18-22(23)21-6-5-7-24(28)26(21)30)14-4-2-3-8-25(31)19-9-11-20(27)12-10-19/h5-7,9-12,22-23H,2-4,8,13-18H2,1H3/t22-,23-/m0/s1. The van der Waals surface area contributed by atoms with Crippen LogP contribution in [0.1, 0.15) is 53.9 Å². The van der Waals surface area contributed by atoms with Gasteiger partial charge in [-0.15, -0.1) is 0 Å². The summed E-state index contributed by atoms with van der Waals surface area (Å²) in [5.41, 5.74) is 5.06. The van der Waals surface area contributed by atoms with Crippen molar-refractivity contribution < 1.29 is 9.18 Å². The molecule has 31 heavy (non-hydrogen) atoms. The minimum atomic E-state index is -0.293. The lowest BCUT2D eigenvalue weighted by Gasteiger charge is -2.41. The highest BCUT2D eigenvalue weighted by atomic mass is 19.1. The molecule has 0 spiro atoms. The van der Waals surface area contributed by atoms with E-state index in [0.29, 0.717) is 23.9 Å². The number of halogens is 1. The van der Waals surface area contributed by atoms with Crippen LogP contribution in [0.15, 0.2) is 42.5 Å². The molecule has 3 aliphatic heterocycles. The zero-order valence-electron chi connectivity index (χ0n) is 18.4. The highest BCUT2D eigenvalue weighted by Crippen LogP contribution is 2.50. The third-order valence-corrected chi connectivity index (χ3v) is 7.43. The van der Waals surface area contributed by atoms with Gasteiger partial charge in [0.05, 0.1) is 11.4 Å². The molecule has 1 saturated heterocycles. The Morgan fingerprint density at radius 3 is 2.71 bits per heavy atom. The normalized spacial score (nSPS) is 22.4. The molecule has 0 unspecified atom stereocenters. The van der Waals surface area contributed by atoms with E-state index in [-0.39, 0.29) is 11.6 Å². The molecule has 0 amide bonds. The molecule has 4 nitrogen and oxygen atoms in total. The SMILES string of the molecule is CN1CCN2c3c(cccc31)[C@@H]1CN(CCCCCC(=O)c3ccc(F)cc3)CC[C@@H]12. The number of benzene rings is 2. The summed E-state index contributed by atoms with van der Waals surface area (Å²) in [7, 11) is 2.21. The number of fused-ring (bicyclic) bond motifs is 3. The van der Waals surface area contributed by atoms with Crippen molar-refractivity contribution in [3.8, 4) is 0 Å². The van der Waals surface area contributed by atoms with Crippen LogP contribution in [0.3, 0.4) is 0 Å². The Morgan fingerprint density at radius 1 is 1.03 bits per heavy atom. The molecule has 0 aliphatic carbocycles. The second-order valence-corrected chi connectivity index (χ2v) is 9.33. The van der Waals surface area contributed by atoms with Gasteiger partial charge in [-0.25, -0.2) is 4.39 Å². The van der Waals surface area contributed by atoms with Gasteiger partial charge in [-0.05, 0) is 61.7 Å². The minimum Gasteiger partial charge on any atom is -0.371 e. The summed E-state index contributed by atoms with van der Waals surface area (Å²) >= 11 is 0. The van der Waals surface area contributed by atoms with E-state index in [1.54, 1.807) is 17.7 Å². The molecule has 0 bridgehead atoms. The van der Waals surface area contributed by atoms with Crippen molar-refractivity contribution in [2.75, 3.05) is 49.6 Å². The van der Waals surface area contributed by atoms with Crippen LogP contribution >= 0.6 is 0 Å². The highest BCUT2D eigenvalue weighted by molar-refractivity contribution is 5.95. The van der Waals surface area contributed by atoms with Crippen molar-refractivity contribution in [1.29, 1.82) is 0 Å². The van der Waals surface area contributed by atoms with Crippen molar-refractivity contribution in [2.45, 2.75) is 44.1 Å². The van der Waals surface area contributed by atoms with E-state index < -0.39 is 0 Å². The summed E-state index contributed by atoms with van der Waals surface area (Å²) in [6.45, 7) is 5.69. The Labute approximate surface area is 184 Å². The monoisotopic (exact) mass is 421 g/mol. The zero-order chi connectivity index (χ0) is 21.4. The lowest BCUT2D eigenvalue weighted by atomic mass is 9.89. The molecule has 2 aromatic carbocycles. The fourth-order valence-electron chi connectivity index (χ4n) is 5.76. The molecule has 1 fully saturated rings. The van der Waals surface area contributed by atoms with Gasteiger partial charge in [0.1, 0.15) is 5.82 Å². The van der Waals surface area contributed by atoms with E-state index in [0.717, 1.165) is 45.4 Å². The van der Waals surface area contributed by atoms with E-state index in [1.807, 2.05) is 0 Å². The van der Waals surface area contributed by atoms with Gasteiger partial charge in [0.15, 0.2) is 5.78 Å². The van der Waals surface area contributed by atoms with Crippen LogP contribution in [-0.4, -0.2) is 56.5 Å². The molecule has 2 aromatic rings. The van der Waals surface area contributed by atoms with Gasteiger partial charge in [0.25, 0.3) is 0 Å². The van der Waals surface area contributed by atoms with Crippen molar-refractivity contribution >= 4 is 17.2 Å². The Balaban J connectivity index is 1.11. The number of anilines is 2. The van der Waals surface area contributed by atoms with E-state index >= 15 is 0 Å². The molecule has 3 aliphatic rings. The van der Waals surface area contributed by atoms with Crippen LogP contribution in [0.2, 0.25) is 0 Å². The maximum atomic E-state index is 13.0. The van der Waals surface area contributed by atoms with Crippen LogP contribution in [0.4, 0.5) is 15.8 Å². The first-order chi connectivity index (χ1) is 15.1. The van der Waals surface area contributed by atoms with Crippen LogP contribution in [0.5, 0.6) is 0 Å². The highest BCUT2D eigenvalue weighted by Gasteiger charge is 2.44. The summed E-state index contributed by atoms with van der Waals surface area (Å²) in [5, 5.41) is 0. The van der Waals surface area contributed by atoms with Crippen LogP contribution in [-0.2, 0) is 0 Å². The van der Waals surface area contributed by atoms with Gasteiger partial charge in [0, 0.05) is 57.2 Å². The maximum absolute atomic E-state index is 13.0. The average molecular weight is 422 g/mol. The summed E-state index contributed by atoms with van der Waals surface area (Å²) in [4.78, 5) is 20.0. The predicted molar refractivity (Wildman–Crippen MR) is 124 cm³/mol. The molecular weight excluding hydrogens is 389 g/mol. The third kappa shape index (κ3) is 3.96. The number of hydrogen-bond donors (Lipinski definition) is 0. The number of hydrogen-bond acceptors (Lipinski definition) is 4. The van der Waals surface area contributed by atoms with Crippen molar-refractivity contribution in [1.82, 2.24) is 4.90 Å². The topological polar surface area (TPSA) is 26.8 Å². The number of likely N-dealkylation sites (tertiary alicyclic amines) is 1. The lowest BCUT2D eigenvalue weighted by Crippen LogP contribution is -2.49. The van der Waals surface area contributed by atoms with E-state index in [2.05, 4.69) is 39.9 Å². The molecule has 0 N–H and O–H groups in total. The van der Waals surface area contributed by atoms with Gasteiger partial charge in [-0.2, -0.15) is 0 Å². The minimum absolute atomic E-state index is 0.120. The Kier molecular flexibility index (Phi) is 5.70. The third-order valence-electron chi connectivity index (χ3n) is 7.43. The van der Waals surface area contributed by atoms with Gasteiger partial charge in [-0.3, -0.25) is 4.79 Å². The van der Waals surface area contributed by atoms with Crippen molar-refractivity contribution in [2.24, 2.45) is 0 Å². The van der Waals surface area contributed by atoms with E-state index in [4.69, 9.17) is 0 Å². The number of rotatable bonds is 7. The predicted octanol–water partition coefficient (Wildman–Crippen LogP) is 4.70. The number of carbonyl (C=O) groups excluding carboxylic acids is 1. The lowest BCUT2D eigenvalue weighted by molar-refractivity contribution is 0.0978. The van der Waals surface area contributed by atoms with Gasteiger partial charge in [0.2, 0.25) is 0 Å². The molecule has 3 heterocycles. The fourth-order valence-corrected chi connectivity index (χ4v) is 5.76. The van der Waals surface area contributed by atoms with Crippen LogP contribution in [0.25, 0.3) is 0 Å². The zero-order valence-corrected chi connectivity index (χ0v) is 18.4. The number of piperidine rings is 1. The molecule has 5 rings (SSSR count). The number of carbonyl (C=O) groups is 1. The Morgan fingerprint density at radius 2 is 1.87 bits per heavy atom. The summed E-state index contributed by atoms with van der Waals surface area (Å²) in [5.74, 6) is 0.447. The number of nitrogens with zero attached hydrogens (tertiary/aromatic N) is 3. The summed E-state index contributed by atoms with van der Waals surface area (Å²) in [6.07, 6.45) is 4.89.